The van der Waals surface area contributed by atoms with E-state index in [0.29, 0.717) is 0 Å². The Morgan fingerprint density at radius 3 is 3.00 bits per heavy atom. The molecule has 5 heteroatoms. The summed E-state index contributed by atoms with van der Waals surface area (Å²) in [7, 11) is 3.84. The minimum absolute atomic E-state index is 0.791. The van der Waals surface area contributed by atoms with Gasteiger partial charge in [0.05, 0.1) is 18.6 Å². The van der Waals surface area contributed by atoms with Crippen LogP contribution in [0.25, 0.3) is 0 Å². The van der Waals surface area contributed by atoms with Gasteiger partial charge in [0, 0.05) is 46.0 Å². The summed E-state index contributed by atoms with van der Waals surface area (Å²) < 4.78 is 7.19. The highest BCUT2D eigenvalue weighted by atomic mass is 16.5. The van der Waals surface area contributed by atoms with Crippen LogP contribution in [0.15, 0.2) is 12.5 Å². The zero-order chi connectivity index (χ0) is 12.5. The van der Waals surface area contributed by atoms with Crippen molar-refractivity contribution in [1.29, 1.82) is 0 Å². The number of imidazole rings is 1. The summed E-state index contributed by atoms with van der Waals surface area (Å²) in [5.74, 6) is 0. The van der Waals surface area contributed by atoms with Crippen LogP contribution in [-0.4, -0.2) is 54.8 Å². The van der Waals surface area contributed by atoms with Gasteiger partial charge in [0.15, 0.2) is 0 Å². The Balaban J connectivity index is 2.11. The number of aryl methyl sites for hydroxylation is 1. The predicted octanol–water partition coefficient (Wildman–Crippen LogP) is 0.571. The lowest BCUT2D eigenvalue weighted by Crippen LogP contribution is -2.31. The summed E-state index contributed by atoms with van der Waals surface area (Å²) in [6.07, 6.45) is 3.80. The quantitative estimate of drug-likeness (QED) is 0.641. The number of aromatic nitrogens is 2. The topological polar surface area (TPSA) is 42.3 Å². The van der Waals surface area contributed by atoms with E-state index in [1.807, 2.05) is 12.5 Å². The molecule has 0 unspecified atom stereocenters. The van der Waals surface area contributed by atoms with Crippen molar-refractivity contribution < 1.29 is 4.74 Å². The number of likely N-dealkylation sites (N-methyl/N-ethyl adjacent to an activating group) is 1. The van der Waals surface area contributed by atoms with Crippen LogP contribution < -0.4 is 5.32 Å². The third-order valence-electron chi connectivity index (χ3n) is 2.79. The van der Waals surface area contributed by atoms with Gasteiger partial charge >= 0.3 is 0 Å². The lowest BCUT2D eigenvalue weighted by Gasteiger charge is -2.16. The second-order valence-electron chi connectivity index (χ2n) is 4.14. The minimum Gasteiger partial charge on any atom is -0.383 e. The molecule has 0 aliphatic rings. The largest absolute Gasteiger partial charge is 0.383 e. The van der Waals surface area contributed by atoms with Gasteiger partial charge in [-0.05, 0) is 14.0 Å². The minimum atomic E-state index is 0.791. The SMILES string of the molecule is CCn1cncc1CNCCN(C)CCOC. The fraction of sp³-hybridized carbons (Fsp3) is 0.750. The molecule has 1 heterocycles. The Hall–Kier alpha value is -0.910. The van der Waals surface area contributed by atoms with Crippen molar-refractivity contribution in [2.24, 2.45) is 0 Å². The second kappa shape index (κ2) is 8.22. The van der Waals surface area contributed by atoms with Gasteiger partial charge in [0.2, 0.25) is 0 Å². The van der Waals surface area contributed by atoms with Gasteiger partial charge in [-0.15, -0.1) is 0 Å². The molecule has 0 amide bonds. The third kappa shape index (κ3) is 5.30. The molecule has 1 aromatic rings. The number of nitrogens with zero attached hydrogens (tertiary/aromatic N) is 3. The molecule has 1 aromatic heterocycles. The third-order valence-corrected chi connectivity index (χ3v) is 2.79. The lowest BCUT2D eigenvalue weighted by atomic mass is 10.4. The Morgan fingerprint density at radius 1 is 1.47 bits per heavy atom. The number of ether oxygens (including phenoxy) is 1. The number of hydrogen-bond acceptors (Lipinski definition) is 4. The first kappa shape index (κ1) is 14.2. The molecule has 0 aromatic carbocycles. The Morgan fingerprint density at radius 2 is 2.29 bits per heavy atom. The van der Waals surface area contributed by atoms with E-state index in [1.54, 1.807) is 7.11 Å². The molecule has 0 atom stereocenters. The molecule has 0 radical (unpaired) electrons. The van der Waals surface area contributed by atoms with Crippen LogP contribution in [-0.2, 0) is 17.8 Å². The summed E-state index contributed by atoms with van der Waals surface area (Å²) in [6, 6.07) is 0. The van der Waals surface area contributed by atoms with E-state index in [-0.39, 0.29) is 0 Å². The van der Waals surface area contributed by atoms with Crippen molar-refractivity contribution in [1.82, 2.24) is 19.8 Å². The second-order valence-corrected chi connectivity index (χ2v) is 4.14. The number of hydrogen-bond donors (Lipinski definition) is 1. The molecule has 1 rings (SSSR count). The van der Waals surface area contributed by atoms with E-state index in [2.05, 4.69) is 33.7 Å². The van der Waals surface area contributed by atoms with E-state index < -0.39 is 0 Å². The van der Waals surface area contributed by atoms with Crippen molar-refractivity contribution >= 4 is 0 Å². The van der Waals surface area contributed by atoms with Crippen LogP contribution >= 0.6 is 0 Å². The summed E-state index contributed by atoms with van der Waals surface area (Å²) in [4.78, 5) is 6.40. The Kier molecular flexibility index (Phi) is 6.84. The van der Waals surface area contributed by atoms with Gasteiger partial charge in [-0.25, -0.2) is 4.98 Å². The van der Waals surface area contributed by atoms with E-state index in [9.17, 15) is 0 Å². The van der Waals surface area contributed by atoms with E-state index in [4.69, 9.17) is 4.74 Å². The summed E-state index contributed by atoms with van der Waals surface area (Å²) in [5, 5.41) is 3.43. The summed E-state index contributed by atoms with van der Waals surface area (Å²) >= 11 is 0. The monoisotopic (exact) mass is 240 g/mol. The van der Waals surface area contributed by atoms with Crippen LogP contribution in [0.4, 0.5) is 0 Å². The van der Waals surface area contributed by atoms with Crippen LogP contribution in [0, 0.1) is 0 Å². The zero-order valence-electron chi connectivity index (χ0n) is 11.1. The van der Waals surface area contributed by atoms with E-state index in [1.165, 1.54) is 5.69 Å². The average molecular weight is 240 g/mol. The first-order valence-corrected chi connectivity index (χ1v) is 6.15. The van der Waals surface area contributed by atoms with Gasteiger partial charge in [-0.3, -0.25) is 0 Å². The van der Waals surface area contributed by atoms with Crippen molar-refractivity contribution in [2.75, 3.05) is 40.4 Å². The number of nitrogens with one attached hydrogen (secondary N) is 1. The molecule has 17 heavy (non-hydrogen) atoms. The molecule has 0 saturated carbocycles. The average Bonchev–Trinajstić information content (AvgIpc) is 2.79. The molecule has 0 fully saturated rings. The summed E-state index contributed by atoms with van der Waals surface area (Å²) in [5.41, 5.74) is 1.24. The standard InChI is InChI=1S/C12H24N4O/c1-4-16-11-14-10-12(16)9-13-5-6-15(2)7-8-17-3/h10-11,13H,4-9H2,1-3H3. The fourth-order valence-electron chi connectivity index (χ4n) is 1.63. The predicted molar refractivity (Wildman–Crippen MR) is 69.0 cm³/mol. The highest BCUT2D eigenvalue weighted by Gasteiger charge is 2.00. The van der Waals surface area contributed by atoms with Crippen molar-refractivity contribution in [3.63, 3.8) is 0 Å². The Labute approximate surface area is 104 Å². The number of methoxy groups -OCH3 is 1. The molecule has 0 aliphatic carbocycles. The van der Waals surface area contributed by atoms with Gasteiger partial charge in [0.25, 0.3) is 0 Å². The molecule has 98 valence electrons. The van der Waals surface area contributed by atoms with E-state index >= 15 is 0 Å². The van der Waals surface area contributed by atoms with Crippen molar-refractivity contribution in [2.45, 2.75) is 20.0 Å². The van der Waals surface area contributed by atoms with Crippen LogP contribution in [0.5, 0.6) is 0 Å². The smallest absolute Gasteiger partial charge is 0.0948 e. The van der Waals surface area contributed by atoms with Crippen LogP contribution in [0.2, 0.25) is 0 Å². The van der Waals surface area contributed by atoms with E-state index in [0.717, 1.165) is 39.3 Å². The molecule has 5 nitrogen and oxygen atoms in total. The number of rotatable bonds is 9. The molecular weight excluding hydrogens is 216 g/mol. The zero-order valence-corrected chi connectivity index (χ0v) is 11.1. The van der Waals surface area contributed by atoms with Gasteiger partial charge in [-0.2, -0.15) is 0 Å². The first-order chi connectivity index (χ1) is 8.27. The van der Waals surface area contributed by atoms with Crippen molar-refractivity contribution in [3.8, 4) is 0 Å². The first-order valence-electron chi connectivity index (χ1n) is 6.15. The maximum absolute atomic E-state index is 5.03. The molecule has 0 spiro atoms. The van der Waals surface area contributed by atoms with Crippen molar-refractivity contribution in [3.05, 3.63) is 18.2 Å². The molecule has 1 N–H and O–H groups in total. The highest BCUT2D eigenvalue weighted by molar-refractivity contribution is 4.97. The molecular formula is C12H24N4O. The normalized spacial score (nSPS) is 11.3. The van der Waals surface area contributed by atoms with Gasteiger partial charge in [-0.1, -0.05) is 0 Å². The Bertz CT molecular complexity index is 300. The maximum atomic E-state index is 5.03. The molecule has 0 saturated heterocycles. The van der Waals surface area contributed by atoms with Gasteiger partial charge < -0.3 is 19.5 Å². The maximum Gasteiger partial charge on any atom is 0.0948 e. The summed E-state index contributed by atoms with van der Waals surface area (Å²) in [6.45, 7) is 7.77. The fourth-order valence-corrected chi connectivity index (χ4v) is 1.63. The van der Waals surface area contributed by atoms with Crippen LogP contribution in [0.1, 0.15) is 12.6 Å². The highest BCUT2D eigenvalue weighted by Crippen LogP contribution is 1.97. The van der Waals surface area contributed by atoms with Crippen LogP contribution in [0.3, 0.4) is 0 Å². The van der Waals surface area contributed by atoms with Gasteiger partial charge in [0.1, 0.15) is 0 Å². The molecule has 0 bridgehead atoms. The lowest BCUT2D eigenvalue weighted by molar-refractivity contribution is 0.161. The molecule has 0 aliphatic heterocycles.